The first kappa shape index (κ1) is 19.1. The van der Waals surface area contributed by atoms with Crippen molar-refractivity contribution in [1.82, 2.24) is 19.8 Å². The summed E-state index contributed by atoms with van der Waals surface area (Å²) in [6.07, 6.45) is 7.26. The molecule has 2 aromatic heterocycles. The molecule has 0 spiro atoms. The van der Waals surface area contributed by atoms with Gasteiger partial charge in [-0.3, -0.25) is 14.6 Å². The Balaban J connectivity index is 1.43. The highest BCUT2D eigenvalue weighted by Crippen LogP contribution is 2.27. The van der Waals surface area contributed by atoms with E-state index in [2.05, 4.69) is 16.0 Å². The van der Waals surface area contributed by atoms with Gasteiger partial charge in [0.25, 0.3) is 5.91 Å². The molecule has 1 aliphatic rings. The van der Waals surface area contributed by atoms with Crippen molar-refractivity contribution in [3.05, 3.63) is 59.4 Å². The van der Waals surface area contributed by atoms with Crippen molar-refractivity contribution in [2.75, 3.05) is 26.2 Å². The fraction of sp³-hybridized carbons (Fsp3) is 0.364. The van der Waals surface area contributed by atoms with Crippen molar-refractivity contribution in [2.24, 2.45) is 0 Å². The van der Waals surface area contributed by atoms with Crippen molar-refractivity contribution < 1.29 is 14.0 Å². The van der Waals surface area contributed by atoms with E-state index >= 15 is 0 Å². The van der Waals surface area contributed by atoms with E-state index in [4.69, 9.17) is 4.42 Å². The number of amides is 2. The summed E-state index contributed by atoms with van der Waals surface area (Å²) in [5.41, 5.74) is 4.33. The number of rotatable bonds is 3. The molecule has 1 aromatic carbocycles. The van der Waals surface area contributed by atoms with Gasteiger partial charge >= 0.3 is 0 Å². The second-order valence-corrected chi connectivity index (χ2v) is 7.51. The van der Waals surface area contributed by atoms with Crippen LogP contribution < -0.4 is 0 Å². The Kier molecular flexibility index (Phi) is 5.29. The first-order chi connectivity index (χ1) is 14.0. The van der Waals surface area contributed by atoms with Gasteiger partial charge in [-0.25, -0.2) is 4.98 Å². The highest BCUT2D eigenvalue weighted by atomic mass is 16.3. The summed E-state index contributed by atoms with van der Waals surface area (Å²) in [4.78, 5) is 37.2. The molecule has 1 aliphatic heterocycles. The van der Waals surface area contributed by atoms with Gasteiger partial charge in [0.15, 0.2) is 0 Å². The van der Waals surface area contributed by atoms with Gasteiger partial charge in [0.05, 0.1) is 18.9 Å². The van der Waals surface area contributed by atoms with Gasteiger partial charge in [-0.2, -0.15) is 0 Å². The highest BCUT2D eigenvalue weighted by molar-refractivity contribution is 5.92. The minimum Gasteiger partial charge on any atom is -0.464 e. The fourth-order valence-corrected chi connectivity index (χ4v) is 3.97. The summed E-state index contributed by atoms with van der Waals surface area (Å²) < 4.78 is 5.68. The monoisotopic (exact) mass is 392 g/mol. The lowest BCUT2D eigenvalue weighted by Gasteiger charge is -2.22. The molecule has 0 unspecified atom stereocenters. The average molecular weight is 392 g/mol. The Morgan fingerprint density at radius 2 is 1.86 bits per heavy atom. The molecule has 0 aliphatic carbocycles. The molecule has 150 valence electrons. The van der Waals surface area contributed by atoms with Crippen molar-refractivity contribution in [3.8, 4) is 0 Å². The van der Waals surface area contributed by atoms with Gasteiger partial charge in [0, 0.05) is 49.5 Å². The molecule has 0 N–H and O–H groups in total. The number of benzene rings is 1. The summed E-state index contributed by atoms with van der Waals surface area (Å²) in [5, 5.41) is 1.03. The van der Waals surface area contributed by atoms with E-state index < -0.39 is 0 Å². The largest absolute Gasteiger partial charge is 0.464 e. The standard InChI is InChI=1S/C22H24N4O3/c1-15-10-16(2)21-17(14-29-19(21)11-15)12-20(27)25-6-3-7-26(9-8-25)22(28)18-13-23-4-5-24-18/h4-5,10-11,13-14H,3,6-9,12H2,1-2H3. The van der Waals surface area contributed by atoms with Crippen LogP contribution in [0.25, 0.3) is 11.0 Å². The summed E-state index contributed by atoms with van der Waals surface area (Å²) in [5.74, 6) is -0.0827. The Morgan fingerprint density at radius 1 is 1.07 bits per heavy atom. The Bertz CT molecular complexity index is 1040. The van der Waals surface area contributed by atoms with Gasteiger partial charge < -0.3 is 14.2 Å². The highest BCUT2D eigenvalue weighted by Gasteiger charge is 2.24. The molecule has 0 bridgehead atoms. The Morgan fingerprint density at radius 3 is 2.66 bits per heavy atom. The van der Waals surface area contributed by atoms with Crippen LogP contribution in [0.1, 0.15) is 33.6 Å². The maximum absolute atomic E-state index is 12.9. The summed E-state index contributed by atoms with van der Waals surface area (Å²) >= 11 is 0. The van der Waals surface area contributed by atoms with Crippen LogP contribution >= 0.6 is 0 Å². The van der Waals surface area contributed by atoms with Gasteiger partial charge in [0.2, 0.25) is 5.91 Å². The van der Waals surface area contributed by atoms with E-state index in [0.717, 1.165) is 34.1 Å². The Labute approximate surface area is 169 Å². The van der Waals surface area contributed by atoms with Crippen LogP contribution in [0.5, 0.6) is 0 Å². The van der Waals surface area contributed by atoms with E-state index in [1.807, 2.05) is 24.8 Å². The summed E-state index contributed by atoms with van der Waals surface area (Å²) in [6, 6.07) is 4.10. The zero-order chi connectivity index (χ0) is 20.4. The first-order valence-electron chi connectivity index (χ1n) is 9.83. The maximum atomic E-state index is 12.9. The van der Waals surface area contributed by atoms with Crippen molar-refractivity contribution in [3.63, 3.8) is 0 Å². The van der Waals surface area contributed by atoms with Gasteiger partial charge in [-0.15, -0.1) is 0 Å². The van der Waals surface area contributed by atoms with Crippen LogP contribution in [0, 0.1) is 13.8 Å². The third kappa shape index (κ3) is 3.99. The molecular weight excluding hydrogens is 368 g/mol. The van der Waals surface area contributed by atoms with Crippen LogP contribution in [0.2, 0.25) is 0 Å². The minimum absolute atomic E-state index is 0.0569. The van der Waals surface area contributed by atoms with E-state index in [9.17, 15) is 9.59 Å². The number of furan rings is 1. The molecule has 3 aromatic rings. The number of carbonyl (C=O) groups is 2. The molecule has 1 saturated heterocycles. The molecular formula is C22H24N4O3. The number of hydrogen-bond acceptors (Lipinski definition) is 5. The lowest BCUT2D eigenvalue weighted by atomic mass is 10.0. The second kappa shape index (κ2) is 8.03. The SMILES string of the molecule is Cc1cc(C)c2c(CC(=O)N3CCCN(C(=O)c4cnccn4)CC3)coc2c1. The lowest BCUT2D eigenvalue weighted by molar-refractivity contribution is -0.130. The zero-order valence-electron chi connectivity index (χ0n) is 16.7. The molecule has 1 fully saturated rings. The third-order valence-corrected chi connectivity index (χ3v) is 5.35. The number of aryl methyl sites for hydroxylation is 2. The molecule has 0 radical (unpaired) electrons. The molecule has 3 heterocycles. The van der Waals surface area contributed by atoms with E-state index in [0.29, 0.717) is 38.3 Å². The third-order valence-electron chi connectivity index (χ3n) is 5.35. The van der Waals surface area contributed by atoms with E-state index in [-0.39, 0.29) is 11.8 Å². The topological polar surface area (TPSA) is 79.5 Å². The average Bonchev–Trinajstić information content (AvgIpc) is 2.95. The zero-order valence-corrected chi connectivity index (χ0v) is 16.7. The van der Waals surface area contributed by atoms with E-state index in [1.54, 1.807) is 17.4 Å². The fourth-order valence-electron chi connectivity index (χ4n) is 3.97. The molecule has 2 amide bonds. The van der Waals surface area contributed by atoms with E-state index in [1.165, 1.54) is 12.4 Å². The smallest absolute Gasteiger partial charge is 0.274 e. The van der Waals surface area contributed by atoms with Crippen molar-refractivity contribution in [2.45, 2.75) is 26.7 Å². The number of carbonyl (C=O) groups excluding carboxylic acids is 2. The van der Waals surface area contributed by atoms with Crippen LogP contribution in [-0.4, -0.2) is 57.8 Å². The molecule has 0 atom stereocenters. The van der Waals surface area contributed by atoms with Gasteiger partial charge in [-0.05, 0) is 37.5 Å². The van der Waals surface area contributed by atoms with Crippen LogP contribution in [0.15, 0.2) is 41.4 Å². The predicted octanol–water partition coefficient (Wildman–Crippen LogP) is 2.76. The number of nitrogens with zero attached hydrogens (tertiary/aromatic N) is 4. The second-order valence-electron chi connectivity index (χ2n) is 7.51. The maximum Gasteiger partial charge on any atom is 0.274 e. The quantitative estimate of drug-likeness (QED) is 0.685. The lowest BCUT2D eigenvalue weighted by Crippen LogP contribution is -2.38. The molecule has 7 heteroatoms. The first-order valence-corrected chi connectivity index (χ1v) is 9.83. The molecule has 0 saturated carbocycles. The predicted molar refractivity (Wildman–Crippen MR) is 109 cm³/mol. The van der Waals surface area contributed by atoms with Gasteiger partial charge in [0.1, 0.15) is 11.3 Å². The molecule has 29 heavy (non-hydrogen) atoms. The number of aromatic nitrogens is 2. The van der Waals surface area contributed by atoms with Crippen LogP contribution in [0.4, 0.5) is 0 Å². The van der Waals surface area contributed by atoms with Crippen LogP contribution in [-0.2, 0) is 11.2 Å². The summed E-state index contributed by atoms with van der Waals surface area (Å²) in [7, 11) is 0. The molecule has 4 rings (SSSR count). The van der Waals surface area contributed by atoms with Crippen molar-refractivity contribution in [1.29, 1.82) is 0 Å². The minimum atomic E-state index is -0.140. The molecule has 7 nitrogen and oxygen atoms in total. The number of fused-ring (bicyclic) bond motifs is 1. The Hall–Kier alpha value is -3.22. The van der Waals surface area contributed by atoms with Crippen LogP contribution in [0.3, 0.4) is 0 Å². The summed E-state index contributed by atoms with van der Waals surface area (Å²) in [6.45, 7) is 6.32. The number of hydrogen-bond donors (Lipinski definition) is 0. The van der Waals surface area contributed by atoms with Gasteiger partial charge in [-0.1, -0.05) is 6.07 Å². The normalized spacial score (nSPS) is 14.8. The van der Waals surface area contributed by atoms with Crippen molar-refractivity contribution >= 4 is 22.8 Å².